The molecule has 94 valence electrons. The lowest BCUT2D eigenvalue weighted by Crippen LogP contribution is -2.37. The molecule has 1 atom stereocenters. The summed E-state index contributed by atoms with van der Waals surface area (Å²) in [6.07, 6.45) is 3.99. The molecule has 0 heterocycles. The predicted octanol–water partition coefficient (Wildman–Crippen LogP) is 4.32. The minimum absolute atomic E-state index is 0.445. The molecular formula is C15H22ClN. The van der Waals surface area contributed by atoms with Gasteiger partial charge in [0, 0.05) is 17.6 Å². The van der Waals surface area contributed by atoms with Crippen LogP contribution in [0.5, 0.6) is 0 Å². The van der Waals surface area contributed by atoms with Crippen molar-refractivity contribution in [3.8, 4) is 0 Å². The van der Waals surface area contributed by atoms with Crippen LogP contribution in [0.3, 0.4) is 0 Å². The van der Waals surface area contributed by atoms with Crippen LogP contribution < -0.4 is 5.32 Å². The Balaban J connectivity index is 1.98. The topological polar surface area (TPSA) is 12.0 Å². The van der Waals surface area contributed by atoms with E-state index >= 15 is 0 Å². The molecular weight excluding hydrogens is 230 g/mol. The first-order chi connectivity index (χ1) is 7.99. The number of benzene rings is 1. The van der Waals surface area contributed by atoms with Gasteiger partial charge in [0.05, 0.1) is 0 Å². The molecule has 1 aliphatic carbocycles. The molecule has 0 radical (unpaired) electrons. The second-order valence-electron chi connectivity index (χ2n) is 5.89. The van der Waals surface area contributed by atoms with Crippen molar-refractivity contribution in [3.05, 3.63) is 34.3 Å². The SMILES string of the molecule is Cc1cc(Cl)ccc1CNC1CCCC1(C)C. The smallest absolute Gasteiger partial charge is 0.0408 e. The zero-order chi connectivity index (χ0) is 12.5. The molecule has 0 spiro atoms. The number of rotatable bonds is 3. The van der Waals surface area contributed by atoms with Crippen molar-refractivity contribution in [1.82, 2.24) is 5.32 Å². The Morgan fingerprint density at radius 1 is 1.41 bits per heavy atom. The van der Waals surface area contributed by atoms with Crippen LogP contribution in [0.25, 0.3) is 0 Å². The van der Waals surface area contributed by atoms with E-state index < -0.39 is 0 Å². The zero-order valence-corrected chi connectivity index (χ0v) is 11.8. The summed E-state index contributed by atoms with van der Waals surface area (Å²) in [6.45, 7) is 7.82. The van der Waals surface area contributed by atoms with Crippen molar-refractivity contribution in [2.45, 2.75) is 52.6 Å². The molecule has 2 heteroatoms. The third-order valence-corrected chi connectivity index (χ3v) is 4.34. The summed E-state index contributed by atoms with van der Waals surface area (Å²) < 4.78 is 0. The summed E-state index contributed by atoms with van der Waals surface area (Å²) >= 11 is 5.97. The first-order valence-electron chi connectivity index (χ1n) is 6.47. The lowest BCUT2D eigenvalue weighted by atomic mass is 9.87. The lowest BCUT2D eigenvalue weighted by Gasteiger charge is -2.28. The van der Waals surface area contributed by atoms with Crippen LogP contribution in [0.4, 0.5) is 0 Å². The number of nitrogens with one attached hydrogen (secondary N) is 1. The first-order valence-corrected chi connectivity index (χ1v) is 6.85. The second kappa shape index (κ2) is 4.99. The third kappa shape index (κ3) is 3.02. The fraction of sp³-hybridized carbons (Fsp3) is 0.600. The predicted molar refractivity (Wildman–Crippen MR) is 74.4 cm³/mol. The van der Waals surface area contributed by atoms with Gasteiger partial charge < -0.3 is 5.32 Å². The van der Waals surface area contributed by atoms with Crippen LogP contribution in [0, 0.1) is 12.3 Å². The van der Waals surface area contributed by atoms with E-state index in [-0.39, 0.29) is 0 Å². The molecule has 0 aromatic heterocycles. The van der Waals surface area contributed by atoms with E-state index in [1.165, 1.54) is 30.4 Å². The van der Waals surface area contributed by atoms with Gasteiger partial charge in [0.2, 0.25) is 0 Å². The summed E-state index contributed by atoms with van der Waals surface area (Å²) in [6, 6.07) is 6.80. The van der Waals surface area contributed by atoms with Gasteiger partial charge in [0.25, 0.3) is 0 Å². The first kappa shape index (κ1) is 12.9. The molecule has 17 heavy (non-hydrogen) atoms. The Hall–Kier alpha value is -0.530. The summed E-state index contributed by atoms with van der Waals surface area (Å²) in [5.41, 5.74) is 3.08. The Bertz CT molecular complexity index is 398. The van der Waals surface area contributed by atoms with Crippen LogP contribution in [0.2, 0.25) is 5.02 Å². The van der Waals surface area contributed by atoms with Crippen molar-refractivity contribution in [2.24, 2.45) is 5.41 Å². The highest BCUT2D eigenvalue weighted by molar-refractivity contribution is 6.30. The van der Waals surface area contributed by atoms with E-state index in [9.17, 15) is 0 Å². The largest absolute Gasteiger partial charge is 0.309 e. The normalized spacial score (nSPS) is 22.9. The average molecular weight is 252 g/mol. The lowest BCUT2D eigenvalue weighted by molar-refractivity contribution is 0.282. The van der Waals surface area contributed by atoms with Gasteiger partial charge in [0.1, 0.15) is 0 Å². The minimum Gasteiger partial charge on any atom is -0.309 e. The van der Waals surface area contributed by atoms with Gasteiger partial charge in [-0.05, 0) is 48.4 Å². The van der Waals surface area contributed by atoms with E-state index in [0.29, 0.717) is 11.5 Å². The van der Waals surface area contributed by atoms with Crippen molar-refractivity contribution >= 4 is 11.6 Å². The summed E-state index contributed by atoms with van der Waals surface area (Å²) in [7, 11) is 0. The van der Waals surface area contributed by atoms with E-state index in [0.717, 1.165) is 11.6 Å². The molecule has 1 fully saturated rings. The van der Waals surface area contributed by atoms with Crippen LogP contribution in [-0.4, -0.2) is 6.04 Å². The van der Waals surface area contributed by atoms with Crippen molar-refractivity contribution in [2.75, 3.05) is 0 Å². The van der Waals surface area contributed by atoms with E-state index in [2.05, 4.69) is 32.2 Å². The molecule has 1 saturated carbocycles. The Kier molecular flexibility index (Phi) is 3.79. The molecule has 0 bridgehead atoms. The van der Waals surface area contributed by atoms with Gasteiger partial charge in [-0.25, -0.2) is 0 Å². The number of hydrogen-bond donors (Lipinski definition) is 1. The third-order valence-electron chi connectivity index (χ3n) is 4.10. The van der Waals surface area contributed by atoms with E-state index in [1.807, 2.05) is 12.1 Å². The number of halogens is 1. The quantitative estimate of drug-likeness (QED) is 0.844. The second-order valence-corrected chi connectivity index (χ2v) is 6.32. The van der Waals surface area contributed by atoms with Crippen LogP contribution in [-0.2, 0) is 6.54 Å². The van der Waals surface area contributed by atoms with E-state index in [4.69, 9.17) is 11.6 Å². The fourth-order valence-corrected chi connectivity index (χ4v) is 3.02. The number of aryl methyl sites for hydroxylation is 1. The van der Waals surface area contributed by atoms with Crippen molar-refractivity contribution in [3.63, 3.8) is 0 Å². The van der Waals surface area contributed by atoms with Gasteiger partial charge in [-0.1, -0.05) is 37.9 Å². The molecule has 1 aromatic rings. The zero-order valence-electron chi connectivity index (χ0n) is 11.0. The van der Waals surface area contributed by atoms with Crippen molar-refractivity contribution < 1.29 is 0 Å². The molecule has 1 nitrogen and oxygen atoms in total. The molecule has 0 amide bonds. The maximum atomic E-state index is 5.97. The summed E-state index contributed by atoms with van der Waals surface area (Å²) in [5, 5.41) is 4.53. The minimum atomic E-state index is 0.445. The average Bonchev–Trinajstić information content (AvgIpc) is 2.57. The van der Waals surface area contributed by atoms with Gasteiger partial charge >= 0.3 is 0 Å². The number of hydrogen-bond acceptors (Lipinski definition) is 1. The van der Waals surface area contributed by atoms with Crippen LogP contribution in [0.15, 0.2) is 18.2 Å². The van der Waals surface area contributed by atoms with Gasteiger partial charge in [-0.2, -0.15) is 0 Å². The standard InChI is InChI=1S/C15H22ClN/c1-11-9-13(16)7-6-12(11)10-17-14-5-4-8-15(14,2)3/h6-7,9,14,17H,4-5,8,10H2,1-3H3. The molecule has 1 N–H and O–H groups in total. The van der Waals surface area contributed by atoms with Crippen LogP contribution in [0.1, 0.15) is 44.2 Å². The maximum absolute atomic E-state index is 5.97. The van der Waals surface area contributed by atoms with E-state index in [1.54, 1.807) is 0 Å². The summed E-state index contributed by atoms with van der Waals surface area (Å²) in [4.78, 5) is 0. The molecule has 2 rings (SSSR count). The highest BCUT2D eigenvalue weighted by atomic mass is 35.5. The monoisotopic (exact) mass is 251 g/mol. The fourth-order valence-electron chi connectivity index (χ4n) is 2.80. The van der Waals surface area contributed by atoms with Crippen LogP contribution >= 0.6 is 11.6 Å². The maximum Gasteiger partial charge on any atom is 0.0408 e. The van der Waals surface area contributed by atoms with Gasteiger partial charge in [-0.15, -0.1) is 0 Å². The molecule has 1 aromatic carbocycles. The molecule has 1 aliphatic rings. The highest BCUT2D eigenvalue weighted by Crippen LogP contribution is 2.37. The highest BCUT2D eigenvalue weighted by Gasteiger charge is 2.33. The van der Waals surface area contributed by atoms with Gasteiger partial charge in [-0.3, -0.25) is 0 Å². The van der Waals surface area contributed by atoms with Crippen molar-refractivity contribution in [1.29, 1.82) is 0 Å². The Labute approximate surface area is 110 Å². The Morgan fingerprint density at radius 3 is 2.76 bits per heavy atom. The van der Waals surface area contributed by atoms with Gasteiger partial charge in [0.15, 0.2) is 0 Å². The molecule has 1 unspecified atom stereocenters. The molecule has 0 saturated heterocycles. The Morgan fingerprint density at radius 2 is 2.18 bits per heavy atom. The summed E-state index contributed by atoms with van der Waals surface area (Å²) in [5.74, 6) is 0. The molecule has 0 aliphatic heterocycles.